The van der Waals surface area contributed by atoms with Gasteiger partial charge in [-0.25, -0.2) is 0 Å². The average molecular weight is 275 g/mol. The van der Waals surface area contributed by atoms with Crippen molar-refractivity contribution in [3.63, 3.8) is 0 Å². The molecule has 4 heteroatoms. The maximum absolute atomic E-state index is 12.2. The zero-order chi connectivity index (χ0) is 12.3. The number of hydrogen-bond acceptors (Lipinski definition) is 2. The maximum Gasteiger partial charge on any atom is 0.224 e. The van der Waals surface area contributed by atoms with Crippen LogP contribution in [0.4, 0.5) is 0 Å². The lowest BCUT2D eigenvalue weighted by Gasteiger charge is -2.34. The molecule has 0 bridgehead atoms. The zero-order valence-electron chi connectivity index (χ0n) is 11.7. The van der Waals surface area contributed by atoms with E-state index in [0.29, 0.717) is 24.4 Å². The number of rotatable bonds is 3. The number of amides is 1. The van der Waals surface area contributed by atoms with Crippen molar-refractivity contribution in [1.82, 2.24) is 10.2 Å². The maximum atomic E-state index is 12.2. The van der Waals surface area contributed by atoms with Gasteiger partial charge in [-0.15, -0.1) is 12.4 Å². The second-order valence-electron chi connectivity index (χ2n) is 5.92. The van der Waals surface area contributed by atoms with Gasteiger partial charge in [0.1, 0.15) is 0 Å². The number of nitrogens with one attached hydrogen (secondary N) is 1. The van der Waals surface area contributed by atoms with Gasteiger partial charge in [0.25, 0.3) is 0 Å². The minimum atomic E-state index is 0. The Kier molecular flexibility index (Phi) is 6.44. The molecule has 0 radical (unpaired) electrons. The number of carbonyl (C=O) groups is 1. The molecule has 1 N–H and O–H groups in total. The van der Waals surface area contributed by atoms with Crippen LogP contribution >= 0.6 is 12.4 Å². The molecule has 2 fully saturated rings. The highest BCUT2D eigenvalue weighted by molar-refractivity contribution is 5.85. The highest BCUT2D eigenvalue weighted by atomic mass is 35.5. The molecule has 0 aromatic heterocycles. The topological polar surface area (TPSA) is 32.3 Å². The van der Waals surface area contributed by atoms with Crippen molar-refractivity contribution in [3.05, 3.63) is 0 Å². The second-order valence-corrected chi connectivity index (χ2v) is 5.92. The fraction of sp³-hybridized carbons (Fsp3) is 0.929. The molecule has 3 nitrogen and oxygen atoms in total. The van der Waals surface area contributed by atoms with Gasteiger partial charge in [-0.2, -0.15) is 0 Å². The van der Waals surface area contributed by atoms with E-state index in [-0.39, 0.29) is 12.4 Å². The summed E-state index contributed by atoms with van der Waals surface area (Å²) < 4.78 is 0. The molecule has 0 aromatic rings. The quantitative estimate of drug-likeness (QED) is 0.858. The Bertz CT molecular complexity index is 259. The SMILES string of the molecule is CC1CCC(N(C)C(=O)CC2CCCN2)CC1.Cl. The molecule has 0 spiro atoms. The third-order valence-electron chi connectivity index (χ3n) is 4.51. The molecule has 1 aliphatic carbocycles. The Morgan fingerprint density at radius 3 is 2.44 bits per heavy atom. The molecule has 1 aliphatic heterocycles. The number of hydrogen-bond donors (Lipinski definition) is 1. The molecule has 2 rings (SSSR count). The van der Waals surface area contributed by atoms with Crippen molar-refractivity contribution in [2.24, 2.45) is 5.92 Å². The summed E-state index contributed by atoms with van der Waals surface area (Å²) in [6, 6.07) is 0.938. The third-order valence-corrected chi connectivity index (χ3v) is 4.51. The molecule has 0 aromatic carbocycles. The molecular formula is C14H27ClN2O. The summed E-state index contributed by atoms with van der Waals surface area (Å²) in [5, 5.41) is 3.40. The number of halogens is 1. The molecular weight excluding hydrogens is 248 g/mol. The van der Waals surface area contributed by atoms with E-state index in [2.05, 4.69) is 12.2 Å². The first kappa shape index (κ1) is 15.8. The van der Waals surface area contributed by atoms with Gasteiger partial charge in [0.2, 0.25) is 5.91 Å². The van der Waals surface area contributed by atoms with Gasteiger partial charge in [-0.3, -0.25) is 4.79 Å². The van der Waals surface area contributed by atoms with Gasteiger partial charge in [0.05, 0.1) is 0 Å². The van der Waals surface area contributed by atoms with Crippen LogP contribution in [0.5, 0.6) is 0 Å². The number of nitrogens with zero attached hydrogens (tertiary/aromatic N) is 1. The average Bonchev–Trinajstić information content (AvgIpc) is 2.82. The summed E-state index contributed by atoms with van der Waals surface area (Å²) in [6.45, 7) is 3.41. The van der Waals surface area contributed by atoms with Crippen LogP contribution in [0, 0.1) is 5.92 Å². The largest absolute Gasteiger partial charge is 0.343 e. The summed E-state index contributed by atoms with van der Waals surface area (Å²) in [6.07, 6.45) is 8.05. The highest BCUT2D eigenvalue weighted by Crippen LogP contribution is 2.27. The van der Waals surface area contributed by atoms with Crippen molar-refractivity contribution in [3.8, 4) is 0 Å². The molecule has 1 heterocycles. The van der Waals surface area contributed by atoms with Gasteiger partial charge in [0, 0.05) is 25.6 Å². The molecule has 1 saturated heterocycles. The van der Waals surface area contributed by atoms with E-state index >= 15 is 0 Å². The lowest BCUT2D eigenvalue weighted by Crippen LogP contribution is -2.41. The first-order chi connectivity index (χ1) is 8.16. The molecule has 1 amide bonds. The fourth-order valence-electron chi connectivity index (χ4n) is 3.12. The molecule has 106 valence electrons. The second kappa shape index (κ2) is 7.34. The zero-order valence-corrected chi connectivity index (χ0v) is 12.5. The standard InChI is InChI=1S/C14H26N2O.ClH/c1-11-5-7-13(8-6-11)16(2)14(17)10-12-4-3-9-15-12;/h11-13,15H,3-10H2,1-2H3;1H. The first-order valence-corrected chi connectivity index (χ1v) is 7.16. The number of carbonyl (C=O) groups excluding carboxylic acids is 1. The van der Waals surface area contributed by atoms with Crippen LogP contribution in [0.1, 0.15) is 51.9 Å². The van der Waals surface area contributed by atoms with E-state index in [4.69, 9.17) is 0 Å². The Morgan fingerprint density at radius 1 is 1.22 bits per heavy atom. The third kappa shape index (κ3) is 4.13. The van der Waals surface area contributed by atoms with Crippen molar-refractivity contribution in [2.45, 2.75) is 64.0 Å². The van der Waals surface area contributed by atoms with Crippen LogP contribution in [0.25, 0.3) is 0 Å². The Balaban J connectivity index is 0.00000162. The predicted octanol–water partition coefficient (Wildman–Crippen LogP) is 2.59. The summed E-state index contributed by atoms with van der Waals surface area (Å²) >= 11 is 0. The van der Waals surface area contributed by atoms with E-state index in [1.807, 2.05) is 11.9 Å². The highest BCUT2D eigenvalue weighted by Gasteiger charge is 2.26. The smallest absolute Gasteiger partial charge is 0.224 e. The summed E-state index contributed by atoms with van der Waals surface area (Å²) in [7, 11) is 2.00. The van der Waals surface area contributed by atoms with Gasteiger partial charge in [0.15, 0.2) is 0 Å². The molecule has 1 atom stereocenters. The monoisotopic (exact) mass is 274 g/mol. The van der Waals surface area contributed by atoms with Crippen LogP contribution in [-0.2, 0) is 4.79 Å². The lowest BCUT2D eigenvalue weighted by molar-refractivity contribution is -0.133. The molecule has 18 heavy (non-hydrogen) atoms. The van der Waals surface area contributed by atoms with E-state index in [9.17, 15) is 4.79 Å². The minimum Gasteiger partial charge on any atom is -0.343 e. The van der Waals surface area contributed by atoms with E-state index in [1.54, 1.807) is 0 Å². The fourth-order valence-corrected chi connectivity index (χ4v) is 3.12. The van der Waals surface area contributed by atoms with Gasteiger partial charge in [-0.1, -0.05) is 6.92 Å². The van der Waals surface area contributed by atoms with Crippen molar-refractivity contribution < 1.29 is 4.79 Å². The van der Waals surface area contributed by atoms with E-state index in [1.165, 1.54) is 38.5 Å². The molecule has 1 unspecified atom stereocenters. The minimum absolute atomic E-state index is 0. The van der Waals surface area contributed by atoms with Gasteiger partial charge >= 0.3 is 0 Å². The van der Waals surface area contributed by atoms with Crippen molar-refractivity contribution in [2.75, 3.05) is 13.6 Å². The van der Waals surface area contributed by atoms with Crippen LogP contribution in [0.3, 0.4) is 0 Å². The first-order valence-electron chi connectivity index (χ1n) is 7.16. The van der Waals surface area contributed by atoms with Crippen LogP contribution < -0.4 is 5.32 Å². The van der Waals surface area contributed by atoms with Crippen LogP contribution in [0.2, 0.25) is 0 Å². The lowest BCUT2D eigenvalue weighted by atomic mass is 9.86. The Hall–Kier alpha value is -0.280. The summed E-state index contributed by atoms with van der Waals surface area (Å²) in [5.74, 6) is 1.19. The summed E-state index contributed by atoms with van der Waals surface area (Å²) in [5.41, 5.74) is 0. The van der Waals surface area contributed by atoms with E-state index in [0.717, 1.165) is 12.5 Å². The van der Waals surface area contributed by atoms with Crippen molar-refractivity contribution >= 4 is 18.3 Å². The predicted molar refractivity (Wildman–Crippen MR) is 77.1 cm³/mol. The summed E-state index contributed by atoms with van der Waals surface area (Å²) in [4.78, 5) is 14.2. The van der Waals surface area contributed by atoms with Crippen LogP contribution in [-0.4, -0.2) is 36.5 Å². The Labute approximate surface area is 117 Å². The Morgan fingerprint density at radius 2 is 1.89 bits per heavy atom. The van der Waals surface area contributed by atoms with Crippen molar-refractivity contribution in [1.29, 1.82) is 0 Å². The normalized spacial score (nSPS) is 31.8. The van der Waals surface area contributed by atoms with Crippen LogP contribution in [0.15, 0.2) is 0 Å². The van der Waals surface area contributed by atoms with Gasteiger partial charge in [-0.05, 0) is 51.0 Å². The van der Waals surface area contributed by atoms with Gasteiger partial charge < -0.3 is 10.2 Å². The molecule has 1 saturated carbocycles. The van der Waals surface area contributed by atoms with E-state index < -0.39 is 0 Å². The molecule has 2 aliphatic rings.